The lowest BCUT2D eigenvalue weighted by Crippen LogP contribution is -2.44. The van der Waals surface area contributed by atoms with Crippen LogP contribution in [0, 0.1) is 0 Å². The van der Waals surface area contributed by atoms with Crippen LogP contribution >= 0.6 is 12.2 Å². The number of phenolic OH excluding ortho intramolecular Hbond substituents is 1. The molecule has 1 heterocycles. The number of allylic oxidation sites excluding steroid dienone is 2. The van der Waals surface area contributed by atoms with Crippen LogP contribution in [0.4, 0.5) is 0 Å². The van der Waals surface area contributed by atoms with Crippen molar-refractivity contribution in [3.63, 3.8) is 0 Å². The third-order valence-corrected chi connectivity index (χ3v) is 4.24. The number of thiocarbonyl (C=S) groups is 1. The summed E-state index contributed by atoms with van der Waals surface area (Å²) in [5.74, 6) is -0.00459. The van der Waals surface area contributed by atoms with Crippen LogP contribution in [0.3, 0.4) is 0 Å². The Kier molecular flexibility index (Phi) is 4.95. The molecule has 0 saturated carbocycles. The number of carbonyl (C=O) groups is 1. The lowest BCUT2D eigenvalue weighted by Gasteiger charge is -2.29. The van der Waals surface area contributed by atoms with Gasteiger partial charge in [-0.1, -0.05) is 48.5 Å². The maximum Gasteiger partial charge on any atom is 0.186 e. The summed E-state index contributed by atoms with van der Waals surface area (Å²) in [6.07, 6.45) is 3.09. The molecule has 126 valence electrons. The van der Waals surface area contributed by atoms with E-state index in [-0.39, 0.29) is 17.6 Å². The zero-order chi connectivity index (χ0) is 17.8. The third kappa shape index (κ3) is 3.78. The molecule has 1 unspecified atom stereocenters. The van der Waals surface area contributed by atoms with Gasteiger partial charge in [0.2, 0.25) is 0 Å². The average Bonchev–Trinajstić information content (AvgIpc) is 2.61. The molecule has 3 rings (SSSR count). The Labute approximate surface area is 151 Å². The first-order chi connectivity index (χ1) is 12.1. The van der Waals surface area contributed by atoms with Gasteiger partial charge in [-0.3, -0.25) is 4.79 Å². The summed E-state index contributed by atoms with van der Waals surface area (Å²) in [6, 6.07) is 16.3. The van der Waals surface area contributed by atoms with Gasteiger partial charge in [-0.2, -0.15) is 0 Å². The van der Waals surface area contributed by atoms with Crippen molar-refractivity contribution in [2.75, 3.05) is 0 Å². The summed E-state index contributed by atoms with van der Waals surface area (Å²) in [4.78, 5) is 12.8. The van der Waals surface area contributed by atoms with Gasteiger partial charge in [-0.15, -0.1) is 0 Å². The molecule has 2 aromatic rings. The van der Waals surface area contributed by atoms with Crippen LogP contribution in [0.15, 0.2) is 71.9 Å². The molecule has 0 saturated heterocycles. The second-order valence-corrected chi connectivity index (χ2v) is 6.15. The zero-order valence-electron chi connectivity index (χ0n) is 13.7. The Morgan fingerprint density at radius 3 is 2.52 bits per heavy atom. The van der Waals surface area contributed by atoms with Gasteiger partial charge in [0.15, 0.2) is 10.9 Å². The third-order valence-electron chi connectivity index (χ3n) is 4.02. The average molecular weight is 350 g/mol. The fraction of sp³-hybridized carbons (Fsp3) is 0.100. The topological polar surface area (TPSA) is 61.4 Å². The molecule has 25 heavy (non-hydrogen) atoms. The normalized spacial score (nSPS) is 17.3. The van der Waals surface area contributed by atoms with E-state index in [0.717, 1.165) is 11.3 Å². The van der Waals surface area contributed by atoms with Crippen molar-refractivity contribution in [2.45, 2.75) is 13.0 Å². The maximum atomic E-state index is 12.8. The lowest BCUT2D eigenvalue weighted by molar-refractivity contribution is -0.111. The van der Waals surface area contributed by atoms with Gasteiger partial charge in [0, 0.05) is 16.8 Å². The Bertz CT molecular complexity index is 872. The summed E-state index contributed by atoms with van der Waals surface area (Å²) < 4.78 is 0. The molecule has 0 bridgehead atoms. The first-order valence-corrected chi connectivity index (χ1v) is 8.30. The molecule has 1 aliphatic heterocycles. The van der Waals surface area contributed by atoms with Gasteiger partial charge in [0.1, 0.15) is 5.75 Å². The quantitative estimate of drug-likeness (QED) is 0.582. The molecule has 0 spiro atoms. The second kappa shape index (κ2) is 7.32. The number of para-hydroxylation sites is 1. The number of nitrogens with one attached hydrogen (secondary N) is 2. The van der Waals surface area contributed by atoms with Crippen molar-refractivity contribution >= 4 is 29.2 Å². The van der Waals surface area contributed by atoms with Crippen molar-refractivity contribution < 1.29 is 9.90 Å². The van der Waals surface area contributed by atoms with E-state index in [0.29, 0.717) is 16.2 Å². The highest BCUT2D eigenvalue weighted by Crippen LogP contribution is 2.28. The van der Waals surface area contributed by atoms with E-state index in [1.165, 1.54) is 6.08 Å². The smallest absolute Gasteiger partial charge is 0.186 e. The van der Waals surface area contributed by atoms with Crippen LogP contribution in [-0.2, 0) is 4.79 Å². The van der Waals surface area contributed by atoms with E-state index in [9.17, 15) is 9.90 Å². The number of aromatic hydroxyl groups is 1. The molecular weight excluding hydrogens is 332 g/mol. The largest absolute Gasteiger partial charge is 0.507 e. The lowest BCUT2D eigenvalue weighted by atomic mass is 9.92. The molecule has 0 radical (unpaired) electrons. The summed E-state index contributed by atoms with van der Waals surface area (Å²) in [7, 11) is 0. The van der Waals surface area contributed by atoms with Gasteiger partial charge in [-0.05, 0) is 42.9 Å². The van der Waals surface area contributed by atoms with Gasteiger partial charge in [-0.25, -0.2) is 0 Å². The number of rotatable bonds is 4. The van der Waals surface area contributed by atoms with Crippen molar-refractivity contribution in [3.05, 3.63) is 83.1 Å². The Morgan fingerprint density at radius 1 is 1.12 bits per heavy atom. The van der Waals surface area contributed by atoms with Crippen LogP contribution in [0.2, 0.25) is 0 Å². The van der Waals surface area contributed by atoms with E-state index in [1.54, 1.807) is 24.3 Å². The molecule has 2 aromatic carbocycles. The van der Waals surface area contributed by atoms with E-state index in [1.807, 2.05) is 43.3 Å². The predicted molar refractivity (Wildman–Crippen MR) is 103 cm³/mol. The minimum atomic E-state index is -0.309. The number of hydrogen-bond acceptors (Lipinski definition) is 3. The van der Waals surface area contributed by atoms with E-state index in [2.05, 4.69) is 10.6 Å². The standard InChI is InChI=1S/C20H18N2O2S/c1-13-18(17(24)12-11-14-7-5-6-10-16(14)23)19(22-20(25)21-13)15-8-3-2-4-9-15/h2-12,19,23H,1H3,(H2,21,22,25)/b12-11+. The number of ketones is 1. The number of phenols is 1. The van der Waals surface area contributed by atoms with Crippen molar-refractivity contribution in [2.24, 2.45) is 0 Å². The van der Waals surface area contributed by atoms with Gasteiger partial charge >= 0.3 is 0 Å². The van der Waals surface area contributed by atoms with E-state index >= 15 is 0 Å². The second-order valence-electron chi connectivity index (χ2n) is 5.74. The van der Waals surface area contributed by atoms with E-state index < -0.39 is 0 Å². The molecule has 1 atom stereocenters. The number of carbonyl (C=O) groups excluding carboxylic acids is 1. The zero-order valence-corrected chi connectivity index (χ0v) is 14.5. The first kappa shape index (κ1) is 16.9. The summed E-state index contributed by atoms with van der Waals surface area (Å²) in [5.41, 5.74) is 2.89. The van der Waals surface area contributed by atoms with Gasteiger partial charge in [0.25, 0.3) is 0 Å². The van der Waals surface area contributed by atoms with Crippen LogP contribution in [-0.4, -0.2) is 16.0 Å². The van der Waals surface area contributed by atoms with Crippen molar-refractivity contribution in [1.29, 1.82) is 0 Å². The molecule has 3 N–H and O–H groups in total. The molecule has 5 heteroatoms. The minimum Gasteiger partial charge on any atom is -0.507 e. The molecule has 0 amide bonds. The van der Waals surface area contributed by atoms with Crippen LogP contribution < -0.4 is 10.6 Å². The Morgan fingerprint density at radius 2 is 1.80 bits per heavy atom. The van der Waals surface area contributed by atoms with Gasteiger partial charge in [0.05, 0.1) is 6.04 Å². The van der Waals surface area contributed by atoms with Crippen molar-refractivity contribution in [1.82, 2.24) is 10.6 Å². The number of hydrogen-bond donors (Lipinski definition) is 3. The van der Waals surface area contributed by atoms with Crippen LogP contribution in [0.25, 0.3) is 6.08 Å². The molecule has 4 nitrogen and oxygen atoms in total. The molecule has 1 aliphatic rings. The first-order valence-electron chi connectivity index (χ1n) is 7.90. The molecule has 0 aliphatic carbocycles. The predicted octanol–water partition coefficient (Wildman–Crippen LogP) is 3.47. The van der Waals surface area contributed by atoms with Crippen molar-refractivity contribution in [3.8, 4) is 5.75 Å². The fourth-order valence-corrected chi connectivity index (χ4v) is 3.07. The highest BCUT2D eigenvalue weighted by molar-refractivity contribution is 7.80. The molecular formula is C20H18N2O2S. The summed E-state index contributed by atoms with van der Waals surface area (Å²) in [5, 5.41) is 16.5. The molecule has 0 aromatic heterocycles. The highest BCUT2D eigenvalue weighted by Gasteiger charge is 2.28. The van der Waals surface area contributed by atoms with Gasteiger partial charge < -0.3 is 15.7 Å². The van der Waals surface area contributed by atoms with E-state index in [4.69, 9.17) is 12.2 Å². The Balaban J connectivity index is 1.94. The van der Waals surface area contributed by atoms with Crippen LogP contribution in [0.1, 0.15) is 24.1 Å². The number of benzene rings is 2. The Hall–Kier alpha value is -2.92. The minimum absolute atomic E-state index is 0.137. The summed E-state index contributed by atoms with van der Waals surface area (Å²) >= 11 is 5.24. The monoisotopic (exact) mass is 350 g/mol. The SMILES string of the molecule is CC1=C(C(=O)/C=C/c2ccccc2O)C(c2ccccc2)NC(=S)N1. The van der Waals surface area contributed by atoms with Crippen LogP contribution in [0.5, 0.6) is 5.75 Å². The fourth-order valence-electron chi connectivity index (χ4n) is 2.80. The summed E-state index contributed by atoms with van der Waals surface area (Å²) in [6.45, 7) is 1.84. The highest BCUT2D eigenvalue weighted by atomic mass is 32.1. The molecule has 0 fully saturated rings. The maximum absolute atomic E-state index is 12.8.